The molecule has 0 aliphatic rings. The monoisotopic (exact) mass is 510 g/mol. The number of fused-ring (bicyclic) bond motifs is 7. The topological polar surface area (TPSA) is 27.8 Å². The van der Waals surface area contributed by atoms with E-state index in [9.17, 15) is 0 Å². The standard InChI is InChI=1S/C38H26N2/c1-3-11-25(12-4-1)33-23-27(20-21-34(33)39-28-14-5-2-6-15-28)32-24-36-38(31-18-10-9-17-30(31)32)37-29-16-8-7-13-26(29)19-22-35(37)40-36/h1-24,39-40H. The van der Waals surface area contributed by atoms with E-state index in [-0.39, 0.29) is 0 Å². The van der Waals surface area contributed by atoms with Crippen LogP contribution in [0, 0.1) is 0 Å². The van der Waals surface area contributed by atoms with E-state index in [0.29, 0.717) is 0 Å². The number of aromatic amines is 1. The zero-order chi connectivity index (χ0) is 26.5. The average Bonchev–Trinajstić information content (AvgIpc) is 3.41. The molecule has 188 valence electrons. The predicted octanol–water partition coefficient (Wildman–Crippen LogP) is 10.7. The smallest absolute Gasteiger partial charge is 0.0477 e. The van der Waals surface area contributed by atoms with Crippen LogP contribution in [0.3, 0.4) is 0 Å². The second-order valence-corrected chi connectivity index (χ2v) is 10.3. The second-order valence-electron chi connectivity index (χ2n) is 10.3. The second kappa shape index (κ2) is 9.14. The molecule has 7 aromatic carbocycles. The number of hydrogen-bond acceptors (Lipinski definition) is 1. The number of H-pyrrole nitrogens is 1. The van der Waals surface area contributed by atoms with E-state index >= 15 is 0 Å². The molecule has 2 heteroatoms. The van der Waals surface area contributed by atoms with E-state index in [1.807, 2.05) is 6.07 Å². The normalized spacial score (nSPS) is 11.5. The Bertz CT molecular complexity index is 2170. The first-order valence-electron chi connectivity index (χ1n) is 13.7. The molecule has 0 spiro atoms. The zero-order valence-corrected chi connectivity index (χ0v) is 21.9. The highest BCUT2D eigenvalue weighted by Gasteiger charge is 2.16. The summed E-state index contributed by atoms with van der Waals surface area (Å²) >= 11 is 0. The molecule has 1 aromatic heterocycles. The molecule has 8 rings (SSSR count). The number of para-hydroxylation sites is 1. The molecule has 0 saturated heterocycles. The Morgan fingerprint density at radius 3 is 1.93 bits per heavy atom. The molecule has 0 aliphatic carbocycles. The van der Waals surface area contributed by atoms with E-state index in [2.05, 4.69) is 150 Å². The quantitative estimate of drug-likeness (QED) is 0.242. The maximum atomic E-state index is 3.75. The molecular weight excluding hydrogens is 484 g/mol. The Balaban J connectivity index is 1.39. The Morgan fingerprint density at radius 2 is 1.10 bits per heavy atom. The van der Waals surface area contributed by atoms with E-state index in [4.69, 9.17) is 0 Å². The number of rotatable bonds is 4. The van der Waals surface area contributed by atoms with Crippen LogP contribution in [0.2, 0.25) is 0 Å². The largest absolute Gasteiger partial charge is 0.355 e. The van der Waals surface area contributed by atoms with Gasteiger partial charge in [-0.2, -0.15) is 0 Å². The van der Waals surface area contributed by atoms with Crippen LogP contribution in [-0.2, 0) is 0 Å². The first-order valence-corrected chi connectivity index (χ1v) is 13.7. The van der Waals surface area contributed by atoms with Gasteiger partial charge in [-0.15, -0.1) is 0 Å². The van der Waals surface area contributed by atoms with Crippen molar-refractivity contribution in [3.05, 3.63) is 146 Å². The van der Waals surface area contributed by atoms with Gasteiger partial charge in [-0.1, -0.05) is 109 Å². The van der Waals surface area contributed by atoms with E-state index < -0.39 is 0 Å². The molecule has 2 nitrogen and oxygen atoms in total. The molecule has 1 heterocycles. The van der Waals surface area contributed by atoms with Crippen molar-refractivity contribution >= 4 is 54.7 Å². The number of aromatic nitrogens is 1. The lowest BCUT2D eigenvalue weighted by molar-refractivity contribution is 1.52. The predicted molar refractivity (Wildman–Crippen MR) is 171 cm³/mol. The van der Waals surface area contributed by atoms with Crippen LogP contribution in [-0.4, -0.2) is 4.98 Å². The van der Waals surface area contributed by atoms with E-state index in [0.717, 1.165) is 16.9 Å². The van der Waals surface area contributed by atoms with Crippen molar-refractivity contribution in [2.45, 2.75) is 0 Å². The van der Waals surface area contributed by atoms with Crippen LogP contribution in [0.1, 0.15) is 0 Å². The molecule has 0 aliphatic heterocycles. The minimum Gasteiger partial charge on any atom is -0.355 e. The summed E-state index contributed by atoms with van der Waals surface area (Å²) in [6.45, 7) is 0. The highest BCUT2D eigenvalue weighted by atomic mass is 14.9. The van der Waals surface area contributed by atoms with Crippen molar-refractivity contribution < 1.29 is 0 Å². The molecule has 40 heavy (non-hydrogen) atoms. The van der Waals surface area contributed by atoms with Gasteiger partial charge in [-0.3, -0.25) is 0 Å². The minimum absolute atomic E-state index is 1.07. The maximum absolute atomic E-state index is 3.75. The average molecular weight is 511 g/mol. The van der Waals surface area contributed by atoms with Gasteiger partial charge >= 0.3 is 0 Å². The first-order chi connectivity index (χ1) is 19.8. The summed E-state index contributed by atoms with van der Waals surface area (Å²) in [7, 11) is 0. The number of nitrogens with one attached hydrogen (secondary N) is 2. The Kier molecular flexibility index (Phi) is 5.17. The van der Waals surface area contributed by atoms with Gasteiger partial charge in [0.15, 0.2) is 0 Å². The van der Waals surface area contributed by atoms with E-state index in [1.165, 1.54) is 60.1 Å². The summed E-state index contributed by atoms with van der Waals surface area (Å²) in [6.07, 6.45) is 0. The summed E-state index contributed by atoms with van der Waals surface area (Å²) in [5, 5.41) is 11.3. The lowest BCUT2D eigenvalue weighted by Gasteiger charge is -2.16. The number of hydrogen-bond donors (Lipinski definition) is 2. The summed E-state index contributed by atoms with van der Waals surface area (Å²) in [5.41, 5.74) is 9.27. The third-order valence-corrected chi connectivity index (χ3v) is 7.96. The summed E-state index contributed by atoms with van der Waals surface area (Å²) in [4.78, 5) is 3.75. The SMILES string of the molecule is c1ccc(Nc2ccc(-c3cc4[nH]c5ccc6ccccc6c5c4c4ccccc34)cc2-c2ccccc2)cc1. The highest BCUT2D eigenvalue weighted by Crippen LogP contribution is 2.42. The van der Waals surface area contributed by atoms with Crippen molar-refractivity contribution in [1.29, 1.82) is 0 Å². The van der Waals surface area contributed by atoms with Gasteiger partial charge in [0.2, 0.25) is 0 Å². The van der Waals surface area contributed by atoms with Gasteiger partial charge < -0.3 is 10.3 Å². The Morgan fingerprint density at radius 1 is 0.425 bits per heavy atom. The van der Waals surface area contributed by atoms with Crippen LogP contribution in [0.5, 0.6) is 0 Å². The molecule has 0 fully saturated rings. The molecular formula is C38H26N2. The fraction of sp³-hybridized carbons (Fsp3) is 0. The van der Waals surface area contributed by atoms with E-state index in [1.54, 1.807) is 0 Å². The van der Waals surface area contributed by atoms with Gasteiger partial charge in [-0.25, -0.2) is 0 Å². The molecule has 0 saturated carbocycles. The fourth-order valence-corrected chi connectivity index (χ4v) is 6.13. The molecule has 0 radical (unpaired) electrons. The van der Waals surface area contributed by atoms with Crippen molar-refractivity contribution in [1.82, 2.24) is 4.98 Å². The Hall–Kier alpha value is -5.34. The van der Waals surface area contributed by atoms with Crippen molar-refractivity contribution in [3.8, 4) is 22.3 Å². The summed E-state index contributed by atoms with van der Waals surface area (Å²) < 4.78 is 0. The van der Waals surface area contributed by atoms with Gasteiger partial charge in [0.1, 0.15) is 0 Å². The van der Waals surface area contributed by atoms with Crippen molar-refractivity contribution in [2.75, 3.05) is 5.32 Å². The van der Waals surface area contributed by atoms with Crippen molar-refractivity contribution in [2.24, 2.45) is 0 Å². The van der Waals surface area contributed by atoms with Gasteiger partial charge in [0.05, 0.1) is 0 Å². The molecule has 0 amide bonds. The van der Waals surface area contributed by atoms with Crippen LogP contribution < -0.4 is 5.32 Å². The summed E-state index contributed by atoms with van der Waals surface area (Å²) in [5.74, 6) is 0. The number of benzene rings is 7. The Labute approximate surface area is 232 Å². The van der Waals surface area contributed by atoms with Crippen molar-refractivity contribution in [3.63, 3.8) is 0 Å². The van der Waals surface area contributed by atoms with Gasteiger partial charge in [0, 0.05) is 38.7 Å². The lowest BCUT2D eigenvalue weighted by Crippen LogP contribution is -1.94. The van der Waals surface area contributed by atoms with Crippen LogP contribution in [0.4, 0.5) is 11.4 Å². The third kappa shape index (κ3) is 3.65. The van der Waals surface area contributed by atoms with Gasteiger partial charge in [0.25, 0.3) is 0 Å². The molecule has 2 N–H and O–H groups in total. The van der Waals surface area contributed by atoms with Crippen LogP contribution >= 0.6 is 0 Å². The van der Waals surface area contributed by atoms with Crippen LogP contribution in [0.15, 0.2) is 146 Å². The zero-order valence-electron chi connectivity index (χ0n) is 21.9. The molecule has 0 bridgehead atoms. The fourth-order valence-electron chi connectivity index (χ4n) is 6.13. The summed E-state index contributed by atoms with van der Waals surface area (Å²) in [6, 6.07) is 52.0. The molecule has 0 atom stereocenters. The van der Waals surface area contributed by atoms with Crippen LogP contribution in [0.25, 0.3) is 65.6 Å². The maximum Gasteiger partial charge on any atom is 0.0477 e. The minimum atomic E-state index is 1.07. The highest BCUT2D eigenvalue weighted by molar-refractivity contribution is 6.29. The molecule has 0 unspecified atom stereocenters. The van der Waals surface area contributed by atoms with Gasteiger partial charge in [-0.05, 0) is 74.6 Å². The third-order valence-electron chi connectivity index (χ3n) is 7.96. The first kappa shape index (κ1) is 22.6. The lowest BCUT2D eigenvalue weighted by atomic mass is 9.91. The number of anilines is 2. The molecule has 8 aromatic rings.